The summed E-state index contributed by atoms with van der Waals surface area (Å²) in [4.78, 5) is 19.0. The average Bonchev–Trinajstić information content (AvgIpc) is 3.32. The van der Waals surface area contributed by atoms with Gasteiger partial charge in [0.25, 0.3) is 0 Å². The summed E-state index contributed by atoms with van der Waals surface area (Å²) >= 11 is 0. The Morgan fingerprint density at radius 2 is 2.19 bits per heavy atom. The zero-order valence-electron chi connectivity index (χ0n) is 15.1. The minimum absolute atomic E-state index is 0.0726. The molecule has 1 saturated heterocycles. The van der Waals surface area contributed by atoms with E-state index in [-0.39, 0.29) is 18.1 Å². The molecule has 1 fully saturated rings. The van der Waals surface area contributed by atoms with Gasteiger partial charge in [0.15, 0.2) is 11.4 Å². The quantitative estimate of drug-likeness (QED) is 0.775. The lowest BCUT2D eigenvalue weighted by Crippen LogP contribution is -2.34. The maximum atomic E-state index is 12.8. The van der Waals surface area contributed by atoms with E-state index in [1.54, 1.807) is 17.3 Å². The molecule has 0 unspecified atom stereocenters. The largest absolute Gasteiger partial charge is 0.359 e. The first kappa shape index (κ1) is 16.6. The summed E-state index contributed by atoms with van der Waals surface area (Å²) in [5, 5.41) is 12.1. The van der Waals surface area contributed by atoms with E-state index in [0.717, 1.165) is 35.3 Å². The second-order valence-corrected chi connectivity index (χ2v) is 6.97. The van der Waals surface area contributed by atoms with Crippen molar-refractivity contribution < 1.29 is 9.32 Å². The molecule has 1 aliphatic heterocycles. The number of fused-ring (bicyclic) bond motifs is 1. The van der Waals surface area contributed by atoms with Gasteiger partial charge in [0, 0.05) is 24.0 Å². The fourth-order valence-electron chi connectivity index (χ4n) is 3.43. The van der Waals surface area contributed by atoms with E-state index in [1.807, 2.05) is 23.7 Å². The van der Waals surface area contributed by atoms with Crippen LogP contribution in [0.5, 0.6) is 0 Å². The molecule has 0 spiro atoms. The van der Waals surface area contributed by atoms with Crippen molar-refractivity contribution in [3.63, 3.8) is 0 Å². The Bertz CT molecular complexity index is 944. The Kier molecular flexibility index (Phi) is 4.10. The summed E-state index contributed by atoms with van der Waals surface area (Å²) in [7, 11) is 0. The molecule has 8 heteroatoms. The third-order valence-corrected chi connectivity index (χ3v) is 4.66. The van der Waals surface area contributed by atoms with Gasteiger partial charge in [-0.1, -0.05) is 5.16 Å². The van der Waals surface area contributed by atoms with Crippen molar-refractivity contribution in [2.45, 2.75) is 45.7 Å². The number of carbonyl (C=O) groups excluding carboxylic acids is 1. The molecular weight excluding hydrogens is 332 g/mol. The Morgan fingerprint density at radius 3 is 2.92 bits per heavy atom. The molecular formula is C18H22N6O2. The Labute approximate surface area is 151 Å². The number of hydrogen-bond acceptors (Lipinski definition) is 5. The van der Waals surface area contributed by atoms with Crippen molar-refractivity contribution in [1.82, 2.24) is 24.8 Å². The minimum Gasteiger partial charge on any atom is -0.359 e. The van der Waals surface area contributed by atoms with Crippen molar-refractivity contribution in [2.24, 2.45) is 0 Å². The summed E-state index contributed by atoms with van der Waals surface area (Å²) in [5.74, 6) is 0.738. The summed E-state index contributed by atoms with van der Waals surface area (Å²) in [6.45, 7) is 6.69. The van der Waals surface area contributed by atoms with Crippen LogP contribution in [0.1, 0.15) is 50.2 Å². The van der Waals surface area contributed by atoms with Crippen LogP contribution in [0.15, 0.2) is 29.0 Å². The molecule has 2 amide bonds. The second-order valence-electron chi connectivity index (χ2n) is 6.97. The molecule has 0 aromatic carbocycles. The van der Waals surface area contributed by atoms with Crippen LogP contribution in [0.2, 0.25) is 0 Å². The molecule has 136 valence electrons. The van der Waals surface area contributed by atoms with Crippen molar-refractivity contribution >= 4 is 22.8 Å². The Morgan fingerprint density at radius 1 is 1.35 bits per heavy atom. The molecule has 0 bridgehead atoms. The number of rotatable bonds is 3. The fourth-order valence-corrected chi connectivity index (χ4v) is 3.43. The Balaban J connectivity index is 1.53. The number of aryl methyl sites for hydroxylation is 1. The number of nitrogens with one attached hydrogen (secondary N) is 1. The van der Waals surface area contributed by atoms with Crippen LogP contribution in [0.25, 0.3) is 11.0 Å². The normalized spacial score (nSPS) is 17.4. The lowest BCUT2D eigenvalue weighted by atomic mass is 10.1. The molecule has 26 heavy (non-hydrogen) atoms. The number of likely N-dealkylation sites (tertiary alicyclic amines) is 1. The highest BCUT2D eigenvalue weighted by molar-refractivity contribution is 5.91. The maximum Gasteiger partial charge on any atom is 0.322 e. The molecule has 3 aromatic heterocycles. The van der Waals surface area contributed by atoms with E-state index in [2.05, 4.69) is 34.4 Å². The monoisotopic (exact) mass is 354 g/mol. The molecule has 4 heterocycles. The van der Waals surface area contributed by atoms with Gasteiger partial charge in [-0.3, -0.25) is 0 Å². The lowest BCUT2D eigenvalue weighted by molar-refractivity contribution is 0.195. The Hall–Kier alpha value is -2.90. The number of urea groups is 1. The molecule has 0 aliphatic carbocycles. The first-order valence-electron chi connectivity index (χ1n) is 8.87. The number of amides is 2. The minimum atomic E-state index is -0.154. The predicted octanol–water partition coefficient (Wildman–Crippen LogP) is 3.68. The van der Waals surface area contributed by atoms with Gasteiger partial charge in [0.2, 0.25) is 0 Å². The molecule has 0 saturated carbocycles. The van der Waals surface area contributed by atoms with Crippen molar-refractivity contribution in [1.29, 1.82) is 0 Å². The van der Waals surface area contributed by atoms with Gasteiger partial charge < -0.3 is 14.7 Å². The highest BCUT2D eigenvalue weighted by Crippen LogP contribution is 2.32. The van der Waals surface area contributed by atoms with Crippen LogP contribution in [-0.4, -0.2) is 37.4 Å². The van der Waals surface area contributed by atoms with E-state index in [9.17, 15) is 4.79 Å². The van der Waals surface area contributed by atoms with Gasteiger partial charge in [0.1, 0.15) is 0 Å². The number of hydrogen-bond donors (Lipinski definition) is 1. The zero-order valence-corrected chi connectivity index (χ0v) is 15.1. The molecule has 4 rings (SSSR count). The van der Waals surface area contributed by atoms with Crippen LogP contribution in [0, 0.1) is 6.92 Å². The van der Waals surface area contributed by atoms with Crippen molar-refractivity contribution in [3.8, 4) is 0 Å². The smallest absolute Gasteiger partial charge is 0.322 e. The molecule has 3 aromatic rings. The SMILES string of the molecule is Cc1cc([C@@H]2CCCN2C(=O)Nc2cnc3c(cnn3C(C)C)c2)on1. The van der Waals surface area contributed by atoms with Gasteiger partial charge in [0.05, 0.1) is 29.8 Å². The number of carbonyl (C=O) groups is 1. The van der Waals surface area contributed by atoms with Crippen molar-refractivity contribution in [3.05, 3.63) is 36.0 Å². The third-order valence-electron chi connectivity index (χ3n) is 4.66. The van der Waals surface area contributed by atoms with Crippen LogP contribution in [0.3, 0.4) is 0 Å². The first-order chi connectivity index (χ1) is 12.5. The fraction of sp³-hybridized carbons (Fsp3) is 0.444. The summed E-state index contributed by atoms with van der Waals surface area (Å²) in [5.41, 5.74) is 2.29. The first-order valence-corrected chi connectivity index (χ1v) is 8.87. The van der Waals surface area contributed by atoms with Gasteiger partial charge in [-0.25, -0.2) is 14.5 Å². The van der Waals surface area contributed by atoms with E-state index in [0.29, 0.717) is 12.2 Å². The molecule has 1 atom stereocenters. The van der Waals surface area contributed by atoms with Gasteiger partial charge >= 0.3 is 6.03 Å². The lowest BCUT2D eigenvalue weighted by Gasteiger charge is -2.23. The molecule has 1 N–H and O–H groups in total. The standard InChI is InChI=1S/C18H22N6O2/c1-11(2)24-17-13(9-20-24)8-14(10-19-17)21-18(25)23-6-4-5-15(23)16-7-12(3)22-26-16/h7-11,15H,4-6H2,1-3H3,(H,21,25)/t15-/m0/s1. The van der Waals surface area contributed by atoms with Crippen LogP contribution in [0.4, 0.5) is 10.5 Å². The van der Waals surface area contributed by atoms with E-state index < -0.39 is 0 Å². The van der Waals surface area contributed by atoms with E-state index >= 15 is 0 Å². The van der Waals surface area contributed by atoms with Crippen molar-refractivity contribution in [2.75, 3.05) is 11.9 Å². The molecule has 0 radical (unpaired) electrons. The molecule has 1 aliphatic rings. The molecule has 8 nitrogen and oxygen atoms in total. The highest BCUT2D eigenvalue weighted by Gasteiger charge is 2.32. The predicted molar refractivity (Wildman–Crippen MR) is 96.9 cm³/mol. The van der Waals surface area contributed by atoms with Gasteiger partial charge in [-0.05, 0) is 39.7 Å². The van der Waals surface area contributed by atoms with Gasteiger partial charge in [-0.15, -0.1) is 0 Å². The van der Waals surface area contributed by atoms with E-state index in [4.69, 9.17) is 4.52 Å². The number of aromatic nitrogens is 4. The number of nitrogens with zero attached hydrogens (tertiary/aromatic N) is 5. The van der Waals surface area contributed by atoms with Crippen LogP contribution < -0.4 is 5.32 Å². The zero-order chi connectivity index (χ0) is 18.3. The van der Waals surface area contributed by atoms with E-state index in [1.165, 1.54) is 0 Å². The summed E-state index contributed by atoms with van der Waals surface area (Å²) < 4.78 is 7.23. The average molecular weight is 354 g/mol. The summed E-state index contributed by atoms with van der Waals surface area (Å²) in [6.07, 6.45) is 5.26. The number of anilines is 1. The highest BCUT2D eigenvalue weighted by atomic mass is 16.5. The third kappa shape index (κ3) is 2.91. The van der Waals surface area contributed by atoms with Crippen LogP contribution >= 0.6 is 0 Å². The topological polar surface area (TPSA) is 89.1 Å². The van der Waals surface area contributed by atoms with Gasteiger partial charge in [-0.2, -0.15) is 5.10 Å². The van der Waals surface area contributed by atoms with Crippen LogP contribution in [-0.2, 0) is 0 Å². The number of pyridine rings is 1. The second kappa shape index (κ2) is 6.44. The summed E-state index contributed by atoms with van der Waals surface area (Å²) in [6, 6.07) is 3.80. The maximum absolute atomic E-state index is 12.8.